The molecule has 0 saturated heterocycles. The molecule has 0 fully saturated rings. The first kappa shape index (κ1) is 14.9. The molecule has 116 valence electrons. The average molecular weight is 308 g/mol. The third-order valence-corrected chi connectivity index (χ3v) is 3.40. The number of nitrogens with zero attached hydrogens (tertiary/aromatic N) is 3. The van der Waals surface area contributed by atoms with Crippen LogP contribution in [0.2, 0.25) is 0 Å². The molecule has 0 atom stereocenters. The monoisotopic (exact) mass is 308 g/mol. The summed E-state index contributed by atoms with van der Waals surface area (Å²) >= 11 is 0. The molecule has 0 radical (unpaired) electrons. The van der Waals surface area contributed by atoms with Crippen molar-refractivity contribution in [2.45, 2.75) is 19.8 Å². The predicted octanol–water partition coefficient (Wildman–Crippen LogP) is 2.64. The van der Waals surface area contributed by atoms with E-state index in [1.165, 1.54) is 0 Å². The number of nitrogens with one attached hydrogen (secondary N) is 1. The van der Waals surface area contributed by atoms with E-state index in [4.69, 9.17) is 0 Å². The first-order chi connectivity index (χ1) is 11.1. The minimum atomic E-state index is -0.203. The van der Waals surface area contributed by atoms with Crippen LogP contribution < -0.4 is 5.32 Å². The van der Waals surface area contributed by atoms with E-state index < -0.39 is 0 Å². The van der Waals surface area contributed by atoms with E-state index in [1.54, 1.807) is 41.9 Å². The molecule has 0 unspecified atom stereocenters. The molecule has 0 saturated carbocycles. The van der Waals surface area contributed by atoms with Crippen LogP contribution in [-0.2, 0) is 4.79 Å². The van der Waals surface area contributed by atoms with Gasteiger partial charge in [0.25, 0.3) is 0 Å². The SMILES string of the molecule is Cc1nc2ccc(NC(=O)CCC(=O)c3ccccc3)cn2n1. The molecule has 1 aromatic carbocycles. The molecule has 3 aromatic rings. The summed E-state index contributed by atoms with van der Waals surface area (Å²) in [5.41, 5.74) is 1.97. The molecule has 2 heterocycles. The fourth-order valence-electron chi connectivity index (χ4n) is 2.29. The maximum atomic E-state index is 12.0. The summed E-state index contributed by atoms with van der Waals surface area (Å²) in [6.45, 7) is 1.81. The van der Waals surface area contributed by atoms with E-state index in [9.17, 15) is 9.59 Å². The quantitative estimate of drug-likeness (QED) is 0.735. The number of anilines is 1. The van der Waals surface area contributed by atoms with Crippen LogP contribution in [0, 0.1) is 6.92 Å². The summed E-state index contributed by atoms with van der Waals surface area (Å²) < 4.78 is 1.61. The smallest absolute Gasteiger partial charge is 0.224 e. The lowest BCUT2D eigenvalue weighted by atomic mass is 10.1. The zero-order chi connectivity index (χ0) is 16.2. The number of hydrogen-bond donors (Lipinski definition) is 1. The van der Waals surface area contributed by atoms with Gasteiger partial charge < -0.3 is 5.32 Å². The average Bonchev–Trinajstić information content (AvgIpc) is 2.92. The van der Waals surface area contributed by atoms with Crippen LogP contribution in [0.1, 0.15) is 29.0 Å². The van der Waals surface area contributed by atoms with Crippen LogP contribution in [0.25, 0.3) is 5.65 Å². The van der Waals surface area contributed by atoms with E-state index in [0.29, 0.717) is 17.1 Å². The summed E-state index contributed by atoms with van der Waals surface area (Å²) in [4.78, 5) is 28.2. The highest BCUT2D eigenvalue weighted by Gasteiger charge is 2.10. The Morgan fingerprint density at radius 2 is 1.87 bits per heavy atom. The number of fused-ring (bicyclic) bond motifs is 1. The van der Waals surface area contributed by atoms with Crippen molar-refractivity contribution < 1.29 is 9.59 Å². The lowest BCUT2D eigenvalue weighted by Gasteiger charge is -2.05. The highest BCUT2D eigenvalue weighted by molar-refractivity contribution is 5.99. The van der Waals surface area contributed by atoms with Crippen LogP contribution in [0.15, 0.2) is 48.7 Å². The molecule has 0 spiro atoms. The number of pyridine rings is 1. The van der Waals surface area contributed by atoms with Gasteiger partial charge in [0.2, 0.25) is 5.91 Å². The lowest BCUT2D eigenvalue weighted by molar-refractivity contribution is -0.116. The Labute approximate surface area is 133 Å². The Hall–Kier alpha value is -3.02. The highest BCUT2D eigenvalue weighted by atomic mass is 16.2. The minimum absolute atomic E-state index is 0.0388. The maximum Gasteiger partial charge on any atom is 0.224 e. The van der Waals surface area contributed by atoms with Crippen LogP contribution in [-0.4, -0.2) is 26.3 Å². The number of hydrogen-bond acceptors (Lipinski definition) is 4. The molecule has 1 amide bonds. The third-order valence-electron chi connectivity index (χ3n) is 3.40. The highest BCUT2D eigenvalue weighted by Crippen LogP contribution is 2.11. The number of Topliss-reactive ketones (excluding diaryl/α,β-unsaturated/α-hetero) is 1. The Kier molecular flexibility index (Phi) is 4.14. The molecule has 6 nitrogen and oxygen atoms in total. The van der Waals surface area contributed by atoms with Crippen molar-refractivity contribution in [3.8, 4) is 0 Å². The number of benzene rings is 1. The van der Waals surface area contributed by atoms with Crippen molar-refractivity contribution >= 4 is 23.0 Å². The van der Waals surface area contributed by atoms with Crippen LogP contribution in [0.4, 0.5) is 5.69 Å². The van der Waals surface area contributed by atoms with Gasteiger partial charge in [0.15, 0.2) is 11.4 Å². The molecule has 6 heteroatoms. The largest absolute Gasteiger partial charge is 0.325 e. The number of carbonyl (C=O) groups is 2. The molecule has 23 heavy (non-hydrogen) atoms. The Bertz CT molecular complexity index is 855. The molecule has 1 N–H and O–H groups in total. The lowest BCUT2D eigenvalue weighted by Crippen LogP contribution is -2.14. The van der Waals surface area contributed by atoms with E-state index in [0.717, 1.165) is 5.65 Å². The van der Waals surface area contributed by atoms with Crippen molar-refractivity contribution in [2.75, 3.05) is 5.32 Å². The molecule has 2 aromatic heterocycles. The summed E-state index contributed by atoms with van der Waals surface area (Å²) in [7, 11) is 0. The van der Waals surface area contributed by atoms with Gasteiger partial charge in [0, 0.05) is 18.4 Å². The number of aromatic nitrogens is 3. The fraction of sp³-hybridized carbons (Fsp3) is 0.176. The number of rotatable bonds is 5. The van der Waals surface area contributed by atoms with E-state index in [1.807, 2.05) is 18.2 Å². The van der Waals surface area contributed by atoms with Gasteiger partial charge in [0.05, 0.1) is 11.9 Å². The van der Waals surface area contributed by atoms with Crippen molar-refractivity contribution in [2.24, 2.45) is 0 Å². The second kappa shape index (κ2) is 6.39. The van der Waals surface area contributed by atoms with Gasteiger partial charge in [-0.15, -0.1) is 0 Å². The molecule has 0 aliphatic heterocycles. The molecule has 3 rings (SSSR count). The zero-order valence-electron chi connectivity index (χ0n) is 12.7. The second-order valence-corrected chi connectivity index (χ2v) is 5.22. The van der Waals surface area contributed by atoms with Gasteiger partial charge in [-0.05, 0) is 19.1 Å². The first-order valence-electron chi connectivity index (χ1n) is 7.33. The van der Waals surface area contributed by atoms with Crippen LogP contribution in [0.3, 0.4) is 0 Å². The van der Waals surface area contributed by atoms with Crippen LogP contribution >= 0.6 is 0 Å². The van der Waals surface area contributed by atoms with E-state index in [2.05, 4.69) is 15.4 Å². The minimum Gasteiger partial charge on any atom is -0.325 e. The van der Waals surface area contributed by atoms with Gasteiger partial charge in [-0.25, -0.2) is 9.50 Å². The van der Waals surface area contributed by atoms with Crippen molar-refractivity contribution in [3.63, 3.8) is 0 Å². The van der Waals surface area contributed by atoms with Gasteiger partial charge in [-0.2, -0.15) is 5.10 Å². The normalized spacial score (nSPS) is 10.7. The van der Waals surface area contributed by atoms with Gasteiger partial charge >= 0.3 is 0 Å². The summed E-state index contributed by atoms with van der Waals surface area (Å²) in [5, 5.41) is 6.97. The Morgan fingerprint density at radius 3 is 2.65 bits per heavy atom. The predicted molar refractivity (Wildman–Crippen MR) is 86.4 cm³/mol. The van der Waals surface area contributed by atoms with Crippen LogP contribution in [0.5, 0.6) is 0 Å². The fourth-order valence-corrected chi connectivity index (χ4v) is 2.29. The van der Waals surface area contributed by atoms with Crippen molar-refractivity contribution in [1.82, 2.24) is 14.6 Å². The molecular formula is C17H16N4O2. The van der Waals surface area contributed by atoms with Gasteiger partial charge in [-0.3, -0.25) is 9.59 Å². The Morgan fingerprint density at radius 1 is 1.09 bits per heavy atom. The van der Waals surface area contributed by atoms with Gasteiger partial charge in [-0.1, -0.05) is 30.3 Å². The zero-order valence-corrected chi connectivity index (χ0v) is 12.7. The van der Waals surface area contributed by atoms with Gasteiger partial charge in [0.1, 0.15) is 5.82 Å². The molecule has 0 aliphatic rings. The summed E-state index contributed by atoms with van der Waals surface area (Å²) in [6.07, 6.45) is 2.02. The number of aryl methyl sites for hydroxylation is 1. The third kappa shape index (κ3) is 3.60. The summed E-state index contributed by atoms with van der Waals surface area (Å²) in [5.74, 6) is 0.426. The Balaban J connectivity index is 1.59. The number of amides is 1. The molecule has 0 bridgehead atoms. The number of ketones is 1. The van der Waals surface area contributed by atoms with E-state index in [-0.39, 0.29) is 24.5 Å². The molecular weight excluding hydrogens is 292 g/mol. The first-order valence-corrected chi connectivity index (χ1v) is 7.33. The second-order valence-electron chi connectivity index (χ2n) is 5.22. The van der Waals surface area contributed by atoms with Crippen molar-refractivity contribution in [3.05, 3.63) is 60.0 Å². The van der Waals surface area contributed by atoms with E-state index >= 15 is 0 Å². The maximum absolute atomic E-state index is 12.0. The topological polar surface area (TPSA) is 76.4 Å². The van der Waals surface area contributed by atoms with Crippen molar-refractivity contribution in [1.29, 1.82) is 0 Å². The summed E-state index contributed by atoms with van der Waals surface area (Å²) in [6, 6.07) is 12.5. The molecule has 0 aliphatic carbocycles. The standard InChI is InChI=1S/C17H16N4O2/c1-12-18-16-9-7-14(11-21(16)20-12)19-17(23)10-8-15(22)13-5-3-2-4-6-13/h2-7,9,11H,8,10H2,1H3,(H,19,23). The number of carbonyl (C=O) groups excluding carboxylic acids is 2.